The van der Waals surface area contributed by atoms with Gasteiger partial charge in [-0.15, -0.1) is 0 Å². The maximum atomic E-state index is 12.0. The molecule has 1 amide bonds. The molecule has 0 aromatic rings. The molecule has 0 spiro atoms. The Hall–Kier alpha value is -1.20. The molecule has 0 aliphatic heterocycles. The molecule has 0 aliphatic rings. The average molecular weight is 592 g/mol. The first-order valence-electron chi connectivity index (χ1n) is 17.4. The number of nitrogens with zero attached hydrogens (tertiary/aromatic N) is 1. The van der Waals surface area contributed by atoms with Crippen molar-refractivity contribution in [3.8, 4) is 0 Å². The van der Waals surface area contributed by atoms with E-state index in [1.807, 2.05) is 14.1 Å². The Kier molecular flexibility index (Phi) is 28.0. The van der Waals surface area contributed by atoms with Crippen LogP contribution in [0.5, 0.6) is 0 Å². The van der Waals surface area contributed by atoms with Crippen molar-refractivity contribution in [2.45, 2.75) is 167 Å². The molecule has 5 heteroatoms. The topological polar surface area (TPSA) is 46.6 Å². The fraction of sp³-hybridized carbons (Fsp3) is 0.833. The molecule has 0 radical (unpaired) electrons. The average Bonchev–Trinajstić information content (AvgIpc) is 2.93. The molecule has 0 aromatic carbocycles. The number of amides is 1. The predicted molar refractivity (Wildman–Crippen MR) is 183 cm³/mol. The summed E-state index contributed by atoms with van der Waals surface area (Å²) in [5.74, 6) is 0.578. The normalized spacial score (nSPS) is 12.1. The van der Waals surface area contributed by atoms with E-state index in [0.29, 0.717) is 18.9 Å². The van der Waals surface area contributed by atoms with E-state index in [-0.39, 0.29) is 5.78 Å². The molecule has 0 saturated carbocycles. The fourth-order valence-electron chi connectivity index (χ4n) is 5.09. The van der Waals surface area contributed by atoms with Crippen LogP contribution in [-0.4, -0.2) is 52.0 Å². The molecule has 41 heavy (non-hydrogen) atoms. The molecule has 0 aromatic heterocycles. The monoisotopic (exact) mass is 592 g/mol. The van der Waals surface area contributed by atoms with Gasteiger partial charge in [-0.2, -0.15) is 0 Å². The summed E-state index contributed by atoms with van der Waals surface area (Å²) in [6.45, 7) is 8.01. The number of ether oxygens (including phenoxy) is 1. The zero-order valence-corrected chi connectivity index (χ0v) is 29.2. The van der Waals surface area contributed by atoms with Gasteiger partial charge in [-0.25, -0.2) is 0 Å². The van der Waals surface area contributed by atoms with Gasteiger partial charge in [-0.3, -0.25) is 9.59 Å². The lowest BCUT2D eigenvalue weighted by molar-refractivity contribution is -0.126. The third kappa shape index (κ3) is 30.1. The third-order valence-electron chi connectivity index (χ3n) is 7.94. The van der Waals surface area contributed by atoms with Gasteiger partial charge in [0.1, 0.15) is 6.61 Å². The van der Waals surface area contributed by atoms with Crippen LogP contribution in [0.25, 0.3) is 0 Å². The van der Waals surface area contributed by atoms with Gasteiger partial charge in [-0.1, -0.05) is 134 Å². The van der Waals surface area contributed by atoms with Crippen molar-refractivity contribution in [3.05, 3.63) is 24.3 Å². The van der Waals surface area contributed by atoms with Crippen LogP contribution in [-0.2, 0) is 14.3 Å². The smallest absolute Gasteiger partial charge is 0.219 e. The zero-order chi connectivity index (χ0) is 30.4. The van der Waals surface area contributed by atoms with Crippen LogP contribution in [0.3, 0.4) is 0 Å². The molecular weight excluding hydrogens is 522 g/mol. The van der Waals surface area contributed by atoms with Crippen LogP contribution in [0, 0.1) is 0 Å². The van der Waals surface area contributed by atoms with Gasteiger partial charge in [0.25, 0.3) is 0 Å². The molecule has 0 fully saturated rings. The van der Waals surface area contributed by atoms with Crippen molar-refractivity contribution < 1.29 is 14.3 Å². The maximum Gasteiger partial charge on any atom is 0.219 e. The second kappa shape index (κ2) is 28.9. The van der Waals surface area contributed by atoms with E-state index in [1.165, 1.54) is 115 Å². The molecule has 0 saturated heterocycles. The van der Waals surface area contributed by atoms with E-state index >= 15 is 0 Å². The molecule has 240 valence electrons. The van der Waals surface area contributed by atoms with Crippen molar-refractivity contribution in [1.82, 2.24) is 4.90 Å². The van der Waals surface area contributed by atoms with Crippen molar-refractivity contribution in [3.63, 3.8) is 0 Å². The van der Waals surface area contributed by atoms with Gasteiger partial charge in [0.05, 0.1) is 8.07 Å². The SMILES string of the molecule is CCCCCCCCCC(=O)COCCCCCCCC/C=C\C/C=C\CCCCCC[Si](C)(C)CC(=O)N(C)C. The summed E-state index contributed by atoms with van der Waals surface area (Å²) in [4.78, 5) is 25.6. The largest absolute Gasteiger partial charge is 0.374 e. The summed E-state index contributed by atoms with van der Waals surface area (Å²) in [5.41, 5.74) is 0. The van der Waals surface area contributed by atoms with Gasteiger partial charge >= 0.3 is 0 Å². The number of Topliss-reactive ketones (excluding diaryl/α,β-unsaturated/α-hetero) is 1. The van der Waals surface area contributed by atoms with Gasteiger partial charge in [0, 0.05) is 33.2 Å². The van der Waals surface area contributed by atoms with Crippen molar-refractivity contribution in [2.24, 2.45) is 0 Å². The first-order chi connectivity index (χ1) is 19.8. The van der Waals surface area contributed by atoms with Gasteiger partial charge in [-0.05, 0) is 44.9 Å². The molecular formula is C36H69NO3Si. The number of unbranched alkanes of at least 4 members (excludes halogenated alkanes) is 16. The molecule has 0 heterocycles. The lowest BCUT2D eigenvalue weighted by Gasteiger charge is -2.23. The molecule has 4 nitrogen and oxygen atoms in total. The molecule has 0 atom stereocenters. The van der Waals surface area contributed by atoms with Crippen molar-refractivity contribution in [2.75, 3.05) is 27.3 Å². The van der Waals surface area contributed by atoms with E-state index in [9.17, 15) is 9.59 Å². The predicted octanol–water partition coefficient (Wildman–Crippen LogP) is 10.7. The van der Waals surface area contributed by atoms with E-state index < -0.39 is 8.07 Å². The molecule has 0 aliphatic carbocycles. The molecule has 0 rings (SSSR count). The van der Waals surface area contributed by atoms with E-state index in [1.54, 1.807) is 4.90 Å². The number of carbonyl (C=O) groups is 2. The van der Waals surface area contributed by atoms with Crippen LogP contribution in [0.2, 0.25) is 25.2 Å². The lowest BCUT2D eigenvalue weighted by Crippen LogP contribution is -2.34. The minimum atomic E-state index is -1.38. The van der Waals surface area contributed by atoms with E-state index in [0.717, 1.165) is 31.9 Å². The van der Waals surface area contributed by atoms with Crippen molar-refractivity contribution >= 4 is 19.8 Å². The highest BCUT2D eigenvalue weighted by Gasteiger charge is 2.24. The zero-order valence-electron chi connectivity index (χ0n) is 28.2. The summed E-state index contributed by atoms with van der Waals surface area (Å²) >= 11 is 0. The molecule has 0 bridgehead atoms. The van der Waals surface area contributed by atoms with Crippen LogP contribution in [0.4, 0.5) is 0 Å². The van der Waals surface area contributed by atoms with Crippen molar-refractivity contribution in [1.29, 1.82) is 0 Å². The third-order valence-corrected chi connectivity index (χ3v) is 10.9. The van der Waals surface area contributed by atoms with E-state index in [4.69, 9.17) is 4.74 Å². The second-order valence-corrected chi connectivity index (χ2v) is 18.3. The van der Waals surface area contributed by atoms with Crippen LogP contribution < -0.4 is 0 Å². The highest BCUT2D eigenvalue weighted by Crippen LogP contribution is 2.21. The summed E-state index contributed by atoms with van der Waals surface area (Å²) < 4.78 is 5.59. The molecule has 0 N–H and O–H groups in total. The Balaban J connectivity index is 3.39. The Bertz CT molecular complexity index is 672. The van der Waals surface area contributed by atoms with Gasteiger partial charge in [0.15, 0.2) is 5.78 Å². The summed E-state index contributed by atoms with van der Waals surface area (Å²) in [5, 5.41) is 0. The van der Waals surface area contributed by atoms with Crippen LogP contribution in [0.15, 0.2) is 24.3 Å². The first-order valence-corrected chi connectivity index (χ1v) is 20.8. The quantitative estimate of drug-likeness (QED) is 0.0474. The number of allylic oxidation sites excluding steroid dienone is 4. The standard InChI is InChI=1S/C36H69NO3Si/c1-6-7-8-9-21-24-27-30-35(38)33-40-31-28-25-22-19-17-15-13-11-10-12-14-16-18-20-23-26-29-32-41(4,5)34-36(39)37(2)3/h10-11,14,16H,6-9,12-13,15,17-34H2,1-5H3/b11-10-,16-14-. The number of ketones is 1. The highest BCUT2D eigenvalue weighted by atomic mass is 28.3. The Morgan fingerprint density at radius 1 is 0.659 bits per heavy atom. The van der Waals surface area contributed by atoms with Gasteiger partial charge < -0.3 is 9.64 Å². The van der Waals surface area contributed by atoms with E-state index in [2.05, 4.69) is 44.3 Å². The minimum Gasteiger partial charge on any atom is -0.374 e. The fourth-order valence-corrected chi connectivity index (χ4v) is 7.61. The number of carbonyl (C=O) groups excluding carboxylic acids is 2. The molecule has 0 unspecified atom stereocenters. The Morgan fingerprint density at radius 2 is 1.17 bits per heavy atom. The first kappa shape index (κ1) is 39.8. The number of rotatable bonds is 30. The lowest BCUT2D eigenvalue weighted by atomic mass is 10.1. The Labute approximate surface area is 257 Å². The maximum absolute atomic E-state index is 12.0. The summed E-state index contributed by atoms with van der Waals surface area (Å²) in [6.07, 6.45) is 34.9. The number of hydrogen-bond donors (Lipinski definition) is 0. The Morgan fingerprint density at radius 3 is 1.76 bits per heavy atom. The van der Waals surface area contributed by atoms with Crippen LogP contribution >= 0.6 is 0 Å². The van der Waals surface area contributed by atoms with Gasteiger partial charge in [0.2, 0.25) is 5.91 Å². The van der Waals surface area contributed by atoms with Crippen LogP contribution in [0.1, 0.15) is 142 Å². The summed E-state index contributed by atoms with van der Waals surface area (Å²) in [6, 6.07) is 2.06. The minimum absolute atomic E-state index is 0.279. The highest BCUT2D eigenvalue weighted by molar-refractivity contribution is 6.79. The second-order valence-electron chi connectivity index (χ2n) is 13.1. The number of hydrogen-bond acceptors (Lipinski definition) is 3. The summed E-state index contributed by atoms with van der Waals surface area (Å²) in [7, 11) is 2.35.